The van der Waals surface area contributed by atoms with Gasteiger partial charge in [-0.25, -0.2) is 4.39 Å². The lowest BCUT2D eigenvalue weighted by Gasteiger charge is -2.11. The maximum absolute atomic E-state index is 13.9. The molecule has 0 bridgehead atoms. The number of nitrogens with zero attached hydrogens (tertiary/aromatic N) is 2. The average Bonchev–Trinajstić information content (AvgIpc) is 2.52. The van der Waals surface area contributed by atoms with Gasteiger partial charge in [0.15, 0.2) is 0 Å². The summed E-state index contributed by atoms with van der Waals surface area (Å²) in [6.07, 6.45) is 0. The number of pyridine rings is 1. The Kier molecular flexibility index (Phi) is 3.25. The summed E-state index contributed by atoms with van der Waals surface area (Å²) in [6.45, 7) is 0.0987. The lowest BCUT2D eigenvalue weighted by atomic mass is 10.1. The van der Waals surface area contributed by atoms with Crippen LogP contribution in [-0.2, 0) is 6.54 Å². The van der Waals surface area contributed by atoms with Crippen LogP contribution in [0.3, 0.4) is 0 Å². The summed E-state index contributed by atoms with van der Waals surface area (Å²) >= 11 is 0. The third-order valence-corrected chi connectivity index (χ3v) is 3.40. The normalized spacial score (nSPS) is 10.5. The second-order valence-corrected chi connectivity index (χ2v) is 4.73. The summed E-state index contributed by atoms with van der Waals surface area (Å²) in [4.78, 5) is 12.1. The number of aromatic nitrogens is 1. The van der Waals surface area contributed by atoms with E-state index in [-0.39, 0.29) is 12.1 Å². The molecular weight excluding hydrogens is 267 g/mol. The molecule has 0 unspecified atom stereocenters. The average molecular weight is 278 g/mol. The first-order valence-corrected chi connectivity index (χ1v) is 6.46. The molecule has 0 amide bonds. The zero-order valence-electron chi connectivity index (χ0n) is 11.1. The highest BCUT2D eigenvalue weighted by Gasteiger charge is 2.08. The minimum Gasteiger partial charge on any atom is -0.304 e. The predicted octanol–water partition coefficient (Wildman–Crippen LogP) is 3.06. The molecule has 0 aliphatic carbocycles. The van der Waals surface area contributed by atoms with Crippen LogP contribution in [0.4, 0.5) is 4.39 Å². The van der Waals surface area contributed by atoms with Crippen molar-refractivity contribution < 1.29 is 4.39 Å². The molecule has 4 heteroatoms. The van der Waals surface area contributed by atoms with E-state index in [1.165, 1.54) is 28.8 Å². The van der Waals surface area contributed by atoms with E-state index in [9.17, 15) is 9.18 Å². The van der Waals surface area contributed by atoms with Gasteiger partial charge in [0, 0.05) is 11.6 Å². The fourth-order valence-corrected chi connectivity index (χ4v) is 2.34. The van der Waals surface area contributed by atoms with Crippen molar-refractivity contribution in [3.8, 4) is 6.07 Å². The highest BCUT2D eigenvalue weighted by molar-refractivity contribution is 5.78. The van der Waals surface area contributed by atoms with Gasteiger partial charge in [0.25, 0.3) is 5.56 Å². The van der Waals surface area contributed by atoms with Crippen molar-refractivity contribution in [3.63, 3.8) is 0 Å². The first kappa shape index (κ1) is 13.1. The third kappa shape index (κ3) is 2.41. The van der Waals surface area contributed by atoms with Gasteiger partial charge in [0.05, 0.1) is 23.7 Å². The quantitative estimate of drug-likeness (QED) is 0.723. The Bertz CT molecular complexity index is 922. The molecule has 1 heterocycles. The number of fused-ring (bicyclic) bond motifs is 1. The SMILES string of the molecule is N#Cc1ccc(F)c(Cn2c(=O)ccc3ccccc32)c1. The van der Waals surface area contributed by atoms with Gasteiger partial charge in [0.1, 0.15) is 5.82 Å². The molecule has 21 heavy (non-hydrogen) atoms. The van der Waals surface area contributed by atoms with E-state index in [0.29, 0.717) is 11.1 Å². The van der Waals surface area contributed by atoms with Crippen molar-refractivity contribution in [1.82, 2.24) is 4.57 Å². The fraction of sp³-hybridized carbons (Fsp3) is 0.0588. The molecule has 3 rings (SSSR count). The van der Waals surface area contributed by atoms with Crippen LogP contribution in [0, 0.1) is 17.1 Å². The monoisotopic (exact) mass is 278 g/mol. The van der Waals surface area contributed by atoms with Gasteiger partial charge in [0.2, 0.25) is 0 Å². The number of para-hydroxylation sites is 1. The van der Waals surface area contributed by atoms with Crippen molar-refractivity contribution in [2.45, 2.75) is 6.54 Å². The van der Waals surface area contributed by atoms with Gasteiger partial charge < -0.3 is 4.57 Å². The van der Waals surface area contributed by atoms with E-state index in [1.807, 2.05) is 30.3 Å². The van der Waals surface area contributed by atoms with Gasteiger partial charge in [-0.15, -0.1) is 0 Å². The molecule has 0 atom stereocenters. The maximum atomic E-state index is 13.9. The minimum atomic E-state index is -0.422. The highest BCUT2D eigenvalue weighted by atomic mass is 19.1. The molecule has 1 aromatic heterocycles. The summed E-state index contributed by atoms with van der Waals surface area (Å²) in [7, 11) is 0. The van der Waals surface area contributed by atoms with Crippen molar-refractivity contribution in [1.29, 1.82) is 5.26 Å². The number of hydrogen-bond acceptors (Lipinski definition) is 2. The Hall–Kier alpha value is -2.93. The van der Waals surface area contributed by atoms with Crippen molar-refractivity contribution in [3.05, 3.63) is 81.9 Å². The predicted molar refractivity (Wildman–Crippen MR) is 78.4 cm³/mol. The fourth-order valence-electron chi connectivity index (χ4n) is 2.34. The molecule has 2 aromatic carbocycles. The van der Waals surface area contributed by atoms with Crippen molar-refractivity contribution >= 4 is 10.9 Å². The first-order chi connectivity index (χ1) is 10.2. The number of halogens is 1. The standard InChI is InChI=1S/C17H11FN2O/c18-15-7-5-12(10-19)9-14(15)11-20-16-4-2-1-3-13(16)6-8-17(20)21/h1-9H,11H2. The zero-order chi connectivity index (χ0) is 14.8. The van der Waals surface area contributed by atoms with E-state index in [1.54, 1.807) is 6.07 Å². The summed E-state index contributed by atoms with van der Waals surface area (Å²) in [5, 5.41) is 9.82. The second-order valence-electron chi connectivity index (χ2n) is 4.73. The van der Waals surface area contributed by atoms with Crippen LogP contribution in [-0.4, -0.2) is 4.57 Å². The molecular formula is C17H11FN2O. The van der Waals surface area contributed by atoms with Gasteiger partial charge >= 0.3 is 0 Å². The molecule has 0 N–H and O–H groups in total. The molecule has 102 valence electrons. The zero-order valence-corrected chi connectivity index (χ0v) is 11.1. The van der Waals surface area contributed by atoms with Gasteiger partial charge in [-0.05, 0) is 35.7 Å². The number of rotatable bonds is 2. The summed E-state index contributed by atoms with van der Waals surface area (Å²) < 4.78 is 15.4. The lowest BCUT2D eigenvalue weighted by Crippen LogP contribution is -2.20. The molecule has 0 saturated carbocycles. The topological polar surface area (TPSA) is 45.8 Å². The van der Waals surface area contributed by atoms with Crippen LogP contribution >= 0.6 is 0 Å². The van der Waals surface area contributed by atoms with Crippen molar-refractivity contribution in [2.75, 3.05) is 0 Å². The van der Waals surface area contributed by atoms with Gasteiger partial charge in [-0.2, -0.15) is 5.26 Å². The molecule has 0 aliphatic heterocycles. The Morgan fingerprint density at radius 2 is 1.90 bits per heavy atom. The van der Waals surface area contributed by atoms with Crippen LogP contribution in [0.5, 0.6) is 0 Å². The largest absolute Gasteiger partial charge is 0.304 e. The molecule has 0 radical (unpaired) electrons. The van der Waals surface area contributed by atoms with Crippen LogP contribution in [0.2, 0.25) is 0 Å². The number of nitriles is 1. The summed E-state index contributed by atoms with van der Waals surface area (Å²) in [5.74, 6) is -0.422. The van der Waals surface area contributed by atoms with E-state index in [0.717, 1.165) is 10.9 Å². The Labute approximate surface area is 120 Å². The first-order valence-electron chi connectivity index (χ1n) is 6.46. The van der Waals surface area contributed by atoms with Gasteiger partial charge in [-0.1, -0.05) is 18.2 Å². The molecule has 0 spiro atoms. The Balaban J connectivity index is 2.17. The summed E-state index contributed by atoms with van der Waals surface area (Å²) in [5.41, 5.74) is 1.24. The number of benzene rings is 2. The Morgan fingerprint density at radius 1 is 1.10 bits per heavy atom. The smallest absolute Gasteiger partial charge is 0.251 e. The van der Waals surface area contributed by atoms with Crippen molar-refractivity contribution in [2.24, 2.45) is 0 Å². The van der Waals surface area contributed by atoms with Crippen LogP contribution in [0.25, 0.3) is 10.9 Å². The molecule has 3 aromatic rings. The van der Waals surface area contributed by atoms with E-state index in [2.05, 4.69) is 0 Å². The highest BCUT2D eigenvalue weighted by Crippen LogP contribution is 2.15. The summed E-state index contributed by atoms with van der Waals surface area (Å²) in [6, 6.07) is 16.8. The number of hydrogen-bond donors (Lipinski definition) is 0. The molecule has 0 fully saturated rings. The minimum absolute atomic E-state index is 0.0987. The van der Waals surface area contributed by atoms with E-state index < -0.39 is 5.82 Å². The van der Waals surface area contributed by atoms with Crippen LogP contribution in [0.15, 0.2) is 59.4 Å². The maximum Gasteiger partial charge on any atom is 0.251 e. The molecule has 3 nitrogen and oxygen atoms in total. The Morgan fingerprint density at radius 3 is 2.71 bits per heavy atom. The lowest BCUT2D eigenvalue weighted by molar-refractivity contribution is 0.599. The van der Waals surface area contributed by atoms with E-state index in [4.69, 9.17) is 5.26 Å². The molecule has 0 saturated heterocycles. The van der Waals surface area contributed by atoms with E-state index >= 15 is 0 Å². The second kappa shape index (κ2) is 5.22. The third-order valence-electron chi connectivity index (χ3n) is 3.40. The van der Waals surface area contributed by atoms with Crippen LogP contribution in [0.1, 0.15) is 11.1 Å². The van der Waals surface area contributed by atoms with Gasteiger partial charge in [-0.3, -0.25) is 4.79 Å². The van der Waals surface area contributed by atoms with Crippen LogP contribution < -0.4 is 5.56 Å². The molecule has 0 aliphatic rings.